The van der Waals surface area contributed by atoms with E-state index in [1.807, 2.05) is 30.3 Å². The number of benzene rings is 1. The van der Waals surface area contributed by atoms with Crippen LogP contribution in [0.2, 0.25) is 0 Å². The monoisotopic (exact) mass is 416 g/mol. The SMILES string of the molecule is C[C@H](NC(=O)c1cc2nc(-c3cccs3)cc(C(F)(F)F)n2n1)c1ccccc1. The third-order valence-corrected chi connectivity index (χ3v) is 5.26. The summed E-state index contributed by atoms with van der Waals surface area (Å²) in [5.74, 6) is -0.572. The molecule has 1 atom stereocenters. The van der Waals surface area contributed by atoms with Crippen molar-refractivity contribution >= 4 is 22.9 Å². The smallest absolute Gasteiger partial charge is 0.344 e. The van der Waals surface area contributed by atoms with Crippen molar-refractivity contribution in [2.45, 2.75) is 19.1 Å². The van der Waals surface area contributed by atoms with E-state index in [9.17, 15) is 18.0 Å². The number of hydrogen-bond donors (Lipinski definition) is 1. The van der Waals surface area contributed by atoms with Crippen LogP contribution in [0.3, 0.4) is 0 Å². The zero-order valence-electron chi connectivity index (χ0n) is 15.1. The highest BCUT2D eigenvalue weighted by molar-refractivity contribution is 7.13. The summed E-state index contributed by atoms with van der Waals surface area (Å²) in [6.45, 7) is 1.79. The minimum atomic E-state index is -4.65. The molecule has 29 heavy (non-hydrogen) atoms. The van der Waals surface area contributed by atoms with Crippen LogP contribution in [0.1, 0.15) is 34.7 Å². The molecular weight excluding hydrogens is 401 g/mol. The lowest BCUT2D eigenvalue weighted by molar-refractivity contribution is -0.142. The molecule has 148 valence electrons. The molecule has 3 aromatic heterocycles. The summed E-state index contributed by atoms with van der Waals surface area (Å²) in [6, 6.07) is 14.5. The number of halogens is 3. The zero-order valence-corrected chi connectivity index (χ0v) is 16.0. The second-order valence-electron chi connectivity index (χ2n) is 6.41. The zero-order chi connectivity index (χ0) is 20.6. The van der Waals surface area contributed by atoms with Crippen LogP contribution in [0.25, 0.3) is 16.2 Å². The van der Waals surface area contributed by atoms with E-state index in [0.717, 1.165) is 11.6 Å². The number of hydrogen-bond acceptors (Lipinski definition) is 4. The summed E-state index contributed by atoms with van der Waals surface area (Å²) in [6.07, 6.45) is -4.65. The number of rotatable bonds is 4. The first-order chi connectivity index (χ1) is 13.8. The number of carbonyl (C=O) groups excluding carboxylic acids is 1. The van der Waals surface area contributed by atoms with Crippen molar-refractivity contribution in [3.05, 3.63) is 76.9 Å². The Morgan fingerprint density at radius 2 is 1.90 bits per heavy atom. The minimum Gasteiger partial charge on any atom is -0.344 e. The Hall–Kier alpha value is -3.20. The number of aromatic nitrogens is 3. The number of nitrogens with zero attached hydrogens (tertiary/aromatic N) is 3. The van der Waals surface area contributed by atoms with E-state index in [0.29, 0.717) is 9.39 Å². The molecule has 3 heterocycles. The molecule has 0 unspecified atom stereocenters. The predicted molar refractivity (Wildman–Crippen MR) is 104 cm³/mol. The van der Waals surface area contributed by atoms with Gasteiger partial charge in [0.2, 0.25) is 0 Å². The Balaban J connectivity index is 1.72. The van der Waals surface area contributed by atoms with Crippen molar-refractivity contribution in [1.29, 1.82) is 0 Å². The molecule has 5 nitrogen and oxygen atoms in total. The Morgan fingerprint density at radius 1 is 1.14 bits per heavy atom. The van der Waals surface area contributed by atoms with Gasteiger partial charge in [-0.15, -0.1) is 11.3 Å². The molecule has 1 N–H and O–H groups in total. The van der Waals surface area contributed by atoms with Crippen molar-refractivity contribution in [3.63, 3.8) is 0 Å². The Labute approximate surface area is 167 Å². The number of carbonyl (C=O) groups is 1. The Morgan fingerprint density at radius 3 is 2.55 bits per heavy atom. The summed E-state index contributed by atoms with van der Waals surface area (Å²) in [5, 5.41) is 8.38. The molecule has 0 aliphatic heterocycles. The lowest BCUT2D eigenvalue weighted by Gasteiger charge is -2.13. The van der Waals surface area contributed by atoms with Crippen LogP contribution in [0.5, 0.6) is 0 Å². The normalized spacial score (nSPS) is 12.8. The molecule has 4 aromatic rings. The highest BCUT2D eigenvalue weighted by atomic mass is 32.1. The van der Waals surface area contributed by atoms with Gasteiger partial charge in [0, 0.05) is 6.07 Å². The second kappa shape index (κ2) is 7.32. The van der Waals surface area contributed by atoms with E-state index >= 15 is 0 Å². The van der Waals surface area contributed by atoms with Gasteiger partial charge in [0.05, 0.1) is 16.6 Å². The molecule has 9 heteroatoms. The predicted octanol–water partition coefficient (Wildman–Crippen LogP) is 4.97. The fraction of sp³-hybridized carbons (Fsp3) is 0.150. The van der Waals surface area contributed by atoms with Gasteiger partial charge in [-0.1, -0.05) is 36.4 Å². The maximum Gasteiger partial charge on any atom is 0.433 e. The van der Waals surface area contributed by atoms with Crippen molar-refractivity contribution < 1.29 is 18.0 Å². The third kappa shape index (κ3) is 3.86. The summed E-state index contributed by atoms with van der Waals surface area (Å²) < 4.78 is 41.5. The van der Waals surface area contributed by atoms with Gasteiger partial charge >= 0.3 is 6.18 Å². The van der Waals surface area contributed by atoms with Gasteiger partial charge in [0.15, 0.2) is 17.0 Å². The van der Waals surface area contributed by atoms with Crippen LogP contribution < -0.4 is 5.32 Å². The number of amides is 1. The lowest BCUT2D eigenvalue weighted by atomic mass is 10.1. The summed E-state index contributed by atoms with van der Waals surface area (Å²) in [5.41, 5.74) is -0.0982. The van der Waals surface area contributed by atoms with Gasteiger partial charge in [0.25, 0.3) is 5.91 Å². The lowest BCUT2D eigenvalue weighted by Crippen LogP contribution is -2.27. The van der Waals surface area contributed by atoms with E-state index in [1.54, 1.807) is 24.4 Å². The molecule has 0 fully saturated rings. The molecule has 0 aliphatic carbocycles. The van der Waals surface area contributed by atoms with Crippen molar-refractivity contribution in [2.75, 3.05) is 0 Å². The van der Waals surface area contributed by atoms with Crippen LogP contribution in [0.15, 0.2) is 60.0 Å². The number of alkyl halides is 3. The van der Waals surface area contributed by atoms with Gasteiger partial charge < -0.3 is 5.32 Å². The van der Waals surface area contributed by atoms with Crippen molar-refractivity contribution in [1.82, 2.24) is 19.9 Å². The minimum absolute atomic E-state index is 0.0410. The Kier molecular flexibility index (Phi) is 4.83. The van der Waals surface area contributed by atoms with Gasteiger partial charge in [-0.2, -0.15) is 18.3 Å². The maximum atomic E-state index is 13.6. The highest BCUT2D eigenvalue weighted by Gasteiger charge is 2.35. The molecule has 0 saturated carbocycles. The highest BCUT2D eigenvalue weighted by Crippen LogP contribution is 2.33. The first-order valence-electron chi connectivity index (χ1n) is 8.70. The standard InChI is InChI=1S/C20H15F3N4OS/c1-12(13-6-3-2-4-7-13)24-19(28)15-11-18-25-14(16-8-5-9-29-16)10-17(20(21,22)23)27(18)26-15/h2-12H,1H3,(H,24,28)/t12-/m0/s1. The van der Waals surface area contributed by atoms with Crippen LogP contribution >= 0.6 is 11.3 Å². The summed E-state index contributed by atoms with van der Waals surface area (Å²) >= 11 is 1.28. The number of nitrogens with one attached hydrogen (secondary N) is 1. The topological polar surface area (TPSA) is 59.3 Å². The van der Waals surface area contributed by atoms with E-state index in [1.165, 1.54) is 17.4 Å². The number of fused-ring (bicyclic) bond motifs is 1. The average molecular weight is 416 g/mol. The van der Waals surface area contributed by atoms with Gasteiger partial charge in [-0.3, -0.25) is 4.79 Å². The fourth-order valence-electron chi connectivity index (χ4n) is 2.93. The van der Waals surface area contributed by atoms with E-state index < -0.39 is 17.8 Å². The number of thiophene rings is 1. The van der Waals surface area contributed by atoms with E-state index in [2.05, 4.69) is 15.4 Å². The molecular formula is C20H15F3N4OS. The Bertz CT molecular complexity index is 1150. The van der Waals surface area contributed by atoms with E-state index in [-0.39, 0.29) is 23.1 Å². The van der Waals surface area contributed by atoms with Gasteiger partial charge in [-0.25, -0.2) is 9.50 Å². The molecule has 0 saturated heterocycles. The second-order valence-corrected chi connectivity index (χ2v) is 7.35. The summed E-state index contributed by atoms with van der Waals surface area (Å²) in [7, 11) is 0. The molecule has 0 aliphatic rings. The quantitative estimate of drug-likeness (QED) is 0.511. The van der Waals surface area contributed by atoms with Crippen LogP contribution in [0.4, 0.5) is 13.2 Å². The first-order valence-corrected chi connectivity index (χ1v) is 9.58. The molecule has 0 bridgehead atoms. The van der Waals surface area contributed by atoms with Gasteiger partial charge in [-0.05, 0) is 30.0 Å². The molecule has 0 radical (unpaired) electrons. The third-order valence-electron chi connectivity index (χ3n) is 4.37. The first kappa shape index (κ1) is 19.1. The average Bonchev–Trinajstić information content (AvgIpc) is 3.36. The van der Waals surface area contributed by atoms with Crippen molar-refractivity contribution in [2.24, 2.45) is 0 Å². The summed E-state index contributed by atoms with van der Waals surface area (Å²) in [4.78, 5) is 17.4. The molecule has 4 rings (SSSR count). The van der Waals surface area contributed by atoms with Crippen molar-refractivity contribution in [3.8, 4) is 10.6 Å². The van der Waals surface area contributed by atoms with Crippen LogP contribution in [0, 0.1) is 0 Å². The van der Waals surface area contributed by atoms with Crippen LogP contribution in [-0.4, -0.2) is 20.5 Å². The molecule has 1 amide bonds. The molecule has 1 aromatic carbocycles. The largest absolute Gasteiger partial charge is 0.433 e. The molecule has 0 spiro atoms. The van der Waals surface area contributed by atoms with E-state index in [4.69, 9.17) is 0 Å². The maximum absolute atomic E-state index is 13.6. The van der Waals surface area contributed by atoms with Crippen LogP contribution in [-0.2, 0) is 6.18 Å². The van der Waals surface area contributed by atoms with Gasteiger partial charge in [0.1, 0.15) is 0 Å². The fourth-order valence-corrected chi connectivity index (χ4v) is 3.62.